The SMILES string of the molecule is CN=C(NCc1ccc(S(=O)(=O)NCC2CCCO2)cc1)N1CCC(C)(C)C1.I. The highest BCUT2D eigenvalue weighted by molar-refractivity contribution is 14.0. The molecule has 164 valence electrons. The van der Waals surface area contributed by atoms with Crippen LogP contribution in [-0.4, -0.2) is 58.7 Å². The number of guanidine groups is 1. The summed E-state index contributed by atoms with van der Waals surface area (Å²) in [5.41, 5.74) is 1.32. The smallest absolute Gasteiger partial charge is 0.240 e. The Morgan fingerprint density at radius 1 is 1.31 bits per heavy atom. The quantitative estimate of drug-likeness (QED) is 0.332. The molecule has 1 atom stereocenters. The van der Waals surface area contributed by atoms with Crippen molar-refractivity contribution in [1.82, 2.24) is 14.9 Å². The van der Waals surface area contributed by atoms with Gasteiger partial charge in [0.05, 0.1) is 11.0 Å². The van der Waals surface area contributed by atoms with E-state index >= 15 is 0 Å². The number of halogens is 1. The van der Waals surface area contributed by atoms with Crippen molar-refractivity contribution in [2.45, 2.75) is 50.7 Å². The molecular formula is C20H33IN4O3S. The van der Waals surface area contributed by atoms with Crippen LogP contribution in [0.1, 0.15) is 38.7 Å². The third-order valence-electron chi connectivity index (χ3n) is 5.40. The van der Waals surface area contributed by atoms with Crippen LogP contribution in [0.2, 0.25) is 0 Å². The molecule has 0 bridgehead atoms. The standard InChI is InChI=1S/C20H32N4O3S.HI/c1-20(2)10-11-24(15-20)19(21-3)22-13-16-6-8-18(9-7-16)28(25,26)23-14-17-5-4-12-27-17;/h6-9,17,23H,4-5,10-15H2,1-3H3,(H,21,22);1H. The van der Waals surface area contributed by atoms with Crippen molar-refractivity contribution >= 4 is 40.0 Å². The van der Waals surface area contributed by atoms with Gasteiger partial charge in [0.15, 0.2) is 5.96 Å². The Morgan fingerprint density at radius 3 is 2.59 bits per heavy atom. The molecule has 2 aliphatic rings. The van der Waals surface area contributed by atoms with Crippen molar-refractivity contribution in [3.63, 3.8) is 0 Å². The molecule has 2 N–H and O–H groups in total. The molecule has 2 fully saturated rings. The Bertz CT molecular complexity index is 790. The lowest BCUT2D eigenvalue weighted by Gasteiger charge is -2.23. The summed E-state index contributed by atoms with van der Waals surface area (Å²) in [5, 5.41) is 3.38. The minimum Gasteiger partial charge on any atom is -0.377 e. The number of rotatable bonds is 6. The average Bonchev–Trinajstić information content (AvgIpc) is 3.30. The van der Waals surface area contributed by atoms with Crippen LogP contribution in [0.3, 0.4) is 0 Å². The van der Waals surface area contributed by atoms with Gasteiger partial charge in [-0.25, -0.2) is 13.1 Å². The number of ether oxygens (including phenoxy) is 1. The van der Waals surface area contributed by atoms with Crippen LogP contribution in [-0.2, 0) is 21.3 Å². The van der Waals surface area contributed by atoms with Crippen molar-refractivity contribution in [3.05, 3.63) is 29.8 Å². The van der Waals surface area contributed by atoms with E-state index in [0.717, 1.165) is 43.9 Å². The maximum absolute atomic E-state index is 12.4. The van der Waals surface area contributed by atoms with Crippen LogP contribution in [0, 0.1) is 5.41 Å². The molecular weight excluding hydrogens is 503 g/mol. The second-order valence-electron chi connectivity index (χ2n) is 8.37. The second kappa shape index (κ2) is 10.4. The Kier molecular flexibility index (Phi) is 8.74. The Balaban J connectivity index is 0.00000300. The van der Waals surface area contributed by atoms with E-state index in [1.807, 2.05) is 12.1 Å². The van der Waals surface area contributed by atoms with Gasteiger partial charge < -0.3 is 15.0 Å². The summed E-state index contributed by atoms with van der Waals surface area (Å²) in [5.74, 6) is 0.889. The van der Waals surface area contributed by atoms with E-state index in [9.17, 15) is 8.42 Å². The molecule has 2 saturated heterocycles. The first-order valence-corrected chi connectivity index (χ1v) is 11.4. The highest BCUT2D eigenvalue weighted by atomic mass is 127. The first kappa shape index (κ1) is 24.4. The molecule has 29 heavy (non-hydrogen) atoms. The van der Waals surface area contributed by atoms with Crippen molar-refractivity contribution < 1.29 is 13.2 Å². The first-order chi connectivity index (χ1) is 13.3. The van der Waals surface area contributed by atoms with E-state index < -0.39 is 10.0 Å². The summed E-state index contributed by atoms with van der Waals surface area (Å²) >= 11 is 0. The maximum Gasteiger partial charge on any atom is 0.240 e. The van der Waals surface area contributed by atoms with Crippen molar-refractivity contribution in [2.75, 3.05) is 33.3 Å². The van der Waals surface area contributed by atoms with Gasteiger partial charge >= 0.3 is 0 Å². The summed E-state index contributed by atoms with van der Waals surface area (Å²) in [4.78, 5) is 6.93. The zero-order chi connectivity index (χ0) is 20.2. The molecule has 2 aliphatic heterocycles. The van der Waals surface area contributed by atoms with Gasteiger partial charge in [-0.05, 0) is 42.4 Å². The minimum absolute atomic E-state index is 0. The second-order valence-corrected chi connectivity index (χ2v) is 10.1. The number of sulfonamides is 1. The summed E-state index contributed by atoms with van der Waals surface area (Å²) in [6.07, 6.45) is 3.04. The van der Waals surface area contributed by atoms with Crippen LogP contribution in [0.15, 0.2) is 34.2 Å². The summed E-state index contributed by atoms with van der Waals surface area (Å²) < 4.78 is 33.0. The molecule has 0 aliphatic carbocycles. The van der Waals surface area contributed by atoms with Crippen LogP contribution in [0.25, 0.3) is 0 Å². The van der Waals surface area contributed by atoms with E-state index in [0.29, 0.717) is 25.1 Å². The van der Waals surface area contributed by atoms with Crippen LogP contribution >= 0.6 is 24.0 Å². The molecule has 2 heterocycles. The third-order valence-corrected chi connectivity index (χ3v) is 6.84. The maximum atomic E-state index is 12.4. The molecule has 0 aromatic heterocycles. The fourth-order valence-electron chi connectivity index (χ4n) is 3.68. The van der Waals surface area contributed by atoms with Gasteiger partial charge in [-0.15, -0.1) is 24.0 Å². The number of nitrogens with one attached hydrogen (secondary N) is 2. The lowest BCUT2D eigenvalue weighted by Crippen LogP contribution is -2.40. The number of hydrogen-bond acceptors (Lipinski definition) is 4. The Morgan fingerprint density at radius 2 is 2.03 bits per heavy atom. The van der Waals surface area contributed by atoms with E-state index in [2.05, 4.69) is 33.8 Å². The average molecular weight is 536 g/mol. The van der Waals surface area contributed by atoms with Gasteiger partial charge in [0.2, 0.25) is 10.0 Å². The lowest BCUT2D eigenvalue weighted by molar-refractivity contribution is 0.114. The lowest BCUT2D eigenvalue weighted by atomic mass is 9.93. The highest BCUT2D eigenvalue weighted by Gasteiger charge is 2.30. The van der Waals surface area contributed by atoms with Crippen molar-refractivity contribution in [3.8, 4) is 0 Å². The molecule has 0 radical (unpaired) electrons. The van der Waals surface area contributed by atoms with Gasteiger partial charge in [-0.3, -0.25) is 4.99 Å². The normalized spacial score (nSPS) is 21.8. The topological polar surface area (TPSA) is 83.0 Å². The van der Waals surface area contributed by atoms with Crippen LogP contribution in [0.4, 0.5) is 0 Å². The van der Waals surface area contributed by atoms with Crippen LogP contribution < -0.4 is 10.0 Å². The van der Waals surface area contributed by atoms with Crippen LogP contribution in [0.5, 0.6) is 0 Å². The molecule has 1 aromatic carbocycles. The molecule has 1 unspecified atom stereocenters. The highest BCUT2D eigenvalue weighted by Crippen LogP contribution is 2.28. The van der Waals surface area contributed by atoms with Gasteiger partial charge in [-0.1, -0.05) is 26.0 Å². The van der Waals surface area contributed by atoms with Gasteiger partial charge in [-0.2, -0.15) is 0 Å². The van der Waals surface area contributed by atoms with E-state index in [4.69, 9.17) is 4.74 Å². The number of benzene rings is 1. The van der Waals surface area contributed by atoms with Crippen molar-refractivity contribution in [2.24, 2.45) is 10.4 Å². The van der Waals surface area contributed by atoms with Gasteiger partial charge in [0.1, 0.15) is 0 Å². The number of hydrogen-bond donors (Lipinski definition) is 2. The van der Waals surface area contributed by atoms with E-state index in [-0.39, 0.29) is 35.0 Å². The Labute approximate surface area is 191 Å². The number of nitrogens with zero attached hydrogens (tertiary/aromatic N) is 2. The third kappa shape index (κ3) is 6.80. The molecule has 3 rings (SSSR count). The fourth-order valence-corrected chi connectivity index (χ4v) is 4.75. The molecule has 0 spiro atoms. The molecule has 0 amide bonds. The number of aliphatic imine (C=N–C) groups is 1. The zero-order valence-electron chi connectivity index (χ0n) is 17.5. The first-order valence-electron chi connectivity index (χ1n) is 9.95. The minimum atomic E-state index is -3.51. The van der Waals surface area contributed by atoms with Gasteiger partial charge in [0.25, 0.3) is 0 Å². The number of likely N-dealkylation sites (tertiary alicyclic amines) is 1. The Hall–Kier alpha value is -0.910. The van der Waals surface area contributed by atoms with E-state index in [1.165, 1.54) is 0 Å². The fraction of sp³-hybridized carbons (Fsp3) is 0.650. The summed E-state index contributed by atoms with van der Waals surface area (Å²) in [7, 11) is -1.71. The predicted molar refractivity (Wildman–Crippen MR) is 126 cm³/mol. The van der Waals surface area contributed by atoms with Gasteiger partial charge in [0, 0.05) is 39.8 Å². The van der Waals surface area contributed by atoms with E-state index in [1.54, 1.807) is 19.2 Å². The summed E-state index contributed by atoms with van der Waals surface area (Å²) in [6, 6.07) is 6.98. The predicted octanol–water partition coefficient (Wildman–Crippen LogP) is 2.57. The molecule has 9 heteroatoms. The monoisotopic (exact) mass is 536 g/mol. The molecule has 7 nitrogen and oxygen atoms in total. The largest absolute Gasteiger partial charge is 0.377 e. The zero-order valence-corrected chi connectivity index (χ0v) is 20.6. The van der Waals surface area contributed by atoms with Crippen molar-refractivity contribution in [1.29, 1.82) is 0 Å². The molecule has 0 saturated carbocycles. The molecule has 1 aromatic rings. The summed E-state index contributed by atoms with van der Waals surface area (Å²) in [6.45, 7) is 8.17.